The zero-order chi connectivity index (χ0) is 14.5. The van der Waals surface area contributed by atoms with Crippen molar-refractivity contribution in [2.24, 2.45) is 0 Å². The lowest BCUT2D eigenvalue weighted by atomic mass is 10.1. The Labute approximate surface area is 125 Å². The van der Waals surface area contributed by atoms with E-state index < -0.39 is 0 Å². The van der Waals surface area contributed by atoms with Gasteiger partial charge in [0.15, 0.2) is 5.78 Å². The Bertz CT molecular complexity index is 409. The summed E-state index contributed by atoms with van der Waals surface area (Å²) in [6, 6.07) is 8.07. The number of Topliss-reactive ketones (excluding diaryl/α,β-unsaturated/α-hetero) is 1. The van der Waals surface area contributed by atoms with Gasteiger partial charge in [0, 0.05) is 22.0 Å². The van der Waals surface area contributed by atoms with E-state index >= 15 is 0 Å². The lowest BCUT2D eigenvalue weighted by Gasteiger charge is -2.23. The van der Waals surface area contributed by atoms with E-state index in [0.717, 1.165) is 5.56 Å². The molecule has 1 nitrogen and oxygen atoms in total. The van der Waals surface area contributed by atoms with Crippen LogP contribution in [0.3, 0.4) is 0 Å². The van der Waals surface area contributed by atoms with Gasteiger partial charge in [0.1, 0.15) is 0 Å². The molecule has 0 aromatic heterocycles. The summed E-state index contributed by atoms with van der Waals surface area (Å²) in [5, 5.41) is 0.446. The summed E-state index contributed by atoms with van der Waals surface area (Å²) in [6.45, 7) is 10.9. The van der Waals surface area contributed by atoms with Crippen LogP contribution in [0.25, 0.3) is 0 Å². The van der Waals surface area contributed by atoms with Crippen molar-refractivity contribution in [3.05, 3.63) is 35.4 Å². The quantitative estimate of drug-likeness (QED) is 0.460. The molecule has 0 bridgehead atoms. The second-order valence-corrected chi connectivity index (χ2v) is 8.58. The van der Waals surface area contributed by atoms with Crippen LogP contribution in [0, 0.1) is 0 Å². The molecule has 1 aromatic carbocycles. The van der Waals surface area contributed by atoms with Crippen LogP contribution in [0.15, 0.2) is 24.3 Å². The molecule has 106 valence electrons. The van der Waals surface area contributed by atoms with Gasteiger partial charge in [0.2, 0.25) is 0 Å². The summed E-state index contributed by atoms with van der Waals surface area (Å²) >= 11 is 0. The number of benzene rings is 1. The molecule has 0 saturated carbocycles. The predicted octanol–water partition coefficient (Wildman–Crippen LogP) is 5.91. The van der Waals surface area contributed by atoms with Crippen molar-refractivity contribution in [2.45, 2.75) is 57.5 Å². The SMILES string of the molecule is CCC(=O)c1ccc(C(C)SSC(C)(C)CC)cc1. The summed E-state index contributed by atoms with van der Waals surface area (Å²) in [7, 11) is 3.86. The Balaban J connectivity index is 2.63. The summed E-state index contributed by atoms with van der Waals surface area (Å²) in [5.74, 6) is 0.216. The third kappa shape index (κ3) is 5.23. The lowest BCUT2D eigenvalue weighted by molar-refractivity contribution is 0.0988. The molecule has 1 atom stereocenters. The Morgan fingerprint density at radius 3 is 2.26 bits per heavy atom. The lowest BCUT2D eigenvalue weighted by Crippen LogP contribution is -2.10. The van der Waals surface area contributed by atoms with Gasteiger partial charge >= 0.3 is 0 Å². The molecule has 0 saturated heterocycles. The first kappa shape index (κ1) is 16.6. The highest BCUT2D eigenvalue weighted by Crippen LogP contribution is 2.45. The van der Waals surface area contributed by atoms with Gasteiger partial charge in [-0.05, 0) is 32.8 Å². The number of rotatable bonds is 7. The van der Waals surface area contributed by atoms with Crippen molar-refractivity contribution in [3.63, 3.8) is 0 Å². The average molecular weight is 297 g/mol. The minimum atomic E-state index is 0.216. The maximum atomic E-state index is 11.6. The topological polar surface area (TPSA) is 17.1 Å². The van der Waals surface area contributed by atoms with Crippen molar-refractivity contribution in [3.8, 4) is 0 Å². The Kier molecular flexibility index (Phi) is 6.48. The molecule has 0 heterocycles. The van der Waals surface area contributed by atoms with Gasteiger partial charge in [0.25, 0.3) is 0 Å². The molecule has 1 rings (SSSR count). The highest BCUT2D eigenvalue weighted by Gasteiger charge is 2.18. The third-order valence-corrected chi connectivity index (χ3v) is 7.20. The maximum Gasteiger partial charge on any atom is 0.162 e. The number of hydrogen-bond acceptors (Lipinski definition) is 3. The van der Waals surface area contributed by atoms with Gasteiger partial charge in [-0.3, -0.25) is 4.79 Å². The highest BCUT2D eigenvalue weighted by atomic mass is 33.1. The Morgan fingerprint density at radius 2 is 1.79 bits per heavy atom. The fourth-order valence-corrected chi connectivity index (χ4v) is 4.15. The molecular weight excluding hydrogens is 272 g/mol. The summed E-state index contributed by atoms with van der Waals surface area (Å²) in [5.41, 5.74) is 2.11. The van der Waals surface area contributed by atoms with E-state index in [0.29, 0.717) is 16.4 Å². The van der Waals surface area contributed by atoms with Gasteiger partial charge in [-0.15, -0.1) is 0 Å². The average Bonchev–Trinajstić information content (AvgIpc) is 2.44. The van der Waals surface area contributed by atoms with Crippen LogP contribution in [0.2, 0.25) is 0 Å². The minimum absolute atomic E-state index is 0.216. The normalized spacial score (nSPS) is 13.3. The standard InChI is InChI=1S/C16H24OS2/c1-6-15(17)14-10-8-13(9-11-14)12(3)18-19-16(4,5)7-2/h8-12H,6-7H2,1-5H3. The fourth-order valence-electron chi connectivity index (χ4n) is 1.46. The van der Waals surface area contributed by atoms with Crippen molar-refractivity contribution in [2.75, 3.05) is 0 Å². The van der Waals surface area contributed by atoms with Gasteiger partial charge in [-0.25, -0.2) is 0 Å². The third-order valence-electron chi connectivity index (χ3n) is 3.29. The van der Waals surface area contributed by atoms with E-state index in [1.165, 1.54) is 12.0 Å². The Morgan fingerprint density at radius 1 is 1.21 bits per heavy atom. The van der Waals surface area contributed by atoms with E-state index in [9.17, 15) is 4.79 Å². The maximum absolute atomic E-state index is 11.6. The zero-order valence-electron chi connectivity index (χ0n) is 12.5. The molecule has 0 N–H and O–H groups in total. The molecule has 0 aliphatic rings. The van der Waals surface area contributed by atoms with Crippen LogP contribution in [0.5, 0.6) is 0 Å². The molecule has 0 radical (unpaired) electrons. The van der Waals surface area contributed by atoms with Crippen molar-refractivity contribution >= 4 is 27.4 Å². The second kappa shape index (κ2) is 7.39. The van der Waals surface area contributed by atoms with E-state index in [4.69, 9.17) is 0 Å². The van der Waals surface area contributed by atoms with E-state index in [1.807, 2.05) is 40.6 Å². The monoisotopic (exact) mass is 296 g/mol. The van der Waals surface area contributed by atoms with Crippen LogP contribution >= 0.6 is 21.6 Å². The molecule has 0 aliphatic carbocycles. The van der Waals surface area contributed by atoms with Gasteiger partial charge in [-0.1, -0.05) is 59.7 Å². The number of hydrogen-bond donors (Lipinski definition) is 0. The van der Waals surface area contributed by atoms with Crippen molar-refractivity contribution < 1.29 is 4.79 Å². The second-order valence-electron chi connectivity index (χ2n) is 5.33. The van der Waals surface area contributed by atoms with E-state index in [-0.39, 0.29) is 5.78 Å². The van der Waals surface area contributed by atoms with Crippen molar-refractivity contribution in [1.29, 1.82) is 0 Å². The van der Waals surface area contributed by atoms with Crippen LogP contribution in [-0.4, -0.2) is 10.5 Å². The highest BCUT2D eigenvalue weighted by molar-refractivity contribution is 8.77. The van der Waals surface area contributed by atoms with Crippen LogP contribution in [0.1, 0.15) is 68.6 Å². The van der Waals surface area contributed by atoms with Gasteiger partial charge < -0.3 is 0 Å². The molecule has 0 fully saturated rings. The van der Waals surface area contributed by atoms with Gasteiger partial charge in [-0.2, -0.15) is 0 Å². The molecule has 19 heavy (non-hydrogen) atoms. The molecule has 3 heteroatoms. The number of carbonyl (C=O) groups is 1. The predicted molar refractivity (Wildman–Crippen MR) is 89.0 cm³/mol. The molecule has 0 amide bonds. The van der Waals surface area contributed by atoms with Crippen LogP contribution < -0.4 is 0 Å². The largest absolute Gasteiger partial charge is 0.294 e. The van der Waals surface area contributed by atoms with Crippen LogP contribution in [-0.2, 0) is 0 Å². The summed E-state index contributed by atoms with van der Waals surface area (Å²) in [6.07, 6.45) is 1.74. The smallest absolute Gasteiger partial charge is 0.162 e. The molecule has 0 spiro atoms. The minimum Gasteiger partial charge on any atom is -0.294 e. The van der Waals surface area contributed by atoms with E-state index in [1.54, 1.807) is 0 Å². The number of carbonyl (C=O) groups excluding carboxylic acids is 1. The number of ketones is 1. The summed E-state index contributed by atoms with van der Waals surface area (Å²) < 4.78 is 0.317. The Hall–Kier alpha value is -0.410. The molecular formula is C16H24OS2. The van der Waals surface area contributed by atoms with Crippen LogP contribution in [0.4, 0.5) is 0 Å². The van der Waals surface area contributed by atoms with Gasteiger partial charge in [0.05, 0.1) is 0 Å². The van der Waals surface area contributed by atoms with Crippen molar-refractivity contribution in [1.82, 2.24) is 0 Å². The first-order chi connectivity index (χ1) is 8.89. The fraction of sp³-hybridized carbons (Fsp3) is 0.562. The molecule has 1 aromatic rings. The first-order valence-corrected chi connectivity index (χ1v) is 9.08. The molecule has 0 aliphatic heterocycles. The zero-order valence-corrected chi connectivity index (χ0v) is 14.2. The molecule has 1 unspecified atom stereocenters. The van der Waals surface area contributed by atoms with E-state index in [2.05, 4.69) is 39.8 Å². The summed E-state index contributed by atoms with van der Waals surface area (Å²) in [4.78, 5) is 11.6. The first-order valence-electron chi connectivity index (χ1n) is 6.87.